The van der Waals surface area contributed by atoms with Crippen LogP contribution in [0.5, 0.6) is 0 Å². The fraction of sp³-hybridized carbons (Fsp3) is 0.500. The summed E-state index contributed by atoms with van der Waals surface area (Å²) in [4.78, 5) is 77.7. The molecule has 0 aliphatic heterocycles. The molecule has 1 rings (SSSR count). The molecule has 5 amide bonds. The Kier molecular flexibility index (Phi) is 11.5. The molecule has 1 heterocycles. The van der Waals surface area contributed by atoms with Gasteiger partial charge in [0.2, 0.25) is 29.5 Å². The SMILES string of the molecule is NC(=O)CCC(NC(=O)C(CS)NC(=O)C(N)CC(N)=O)C(=O)NC(Cc1cnc[nH]1)C(=O)O. The van der Waals surface area contributed by atoms with Crippen molar-refractivity contribution < 1.29 is 33.9 Å². The predicted octanol–water partition coefficient (Wildman–Crippen LogP) is -4.11. The molecular weight excluding hydrogens is 472 g/mol. The van der Waals surface area contributed by atoms with Crippen LogP contribution in [-0.2, 0) is 35.2 Å². The molecule has 0 aliphatic carbocycles. The normalized spacial score (nSPS) is 14.2. The molecular formula is C18H28N8O7S. The maximum atomic E-state index is 12.8. The van der Waals surface area contributed by atoms with Crippen LogP contribution in [0.1, 0.15) is 25.0 Å². The summed E-state index contributed by atoms with van der Waals surface area (Å²) in [6.45, 7) is 0. The number of carboxylic acid groups (broad SMARTS) is 1. The quantitative estimate of drug-likeness (QED) is 0.106. The number of carbonyl (C=O) groups excluding carboxylic acids is 5. The van der Waals surface area contributed by atoms with Gasteiger partial charge in [0.1, 0.15) is 18.1 Å². The molecule has 0 fully saturated rings. The zero-order valence-corrected chi connectivity index (χ0v) is 18.9. The monoisotopic (exact) mass is 500 g/mol. The summed E-state index contributed by atoms with van der Waals surface area (Å²) in [7, 11) is 0. The Balaban J connectivity index is 2.90. The van der Waals surface area contributed by atoms with Crippen molar-refractivity contribution in [1.82, 2.24) is 25.9 Å². The van der Waals surface area contributed by atoms with Crippen molar-refractivity contribution in [1.29, 1.82) is 0 Å². The lowest BCUT2D eigenvalue weighted by atomic mass is 10.1. The molecule has 0 aliphatic rings. The average molecular weight is 501 g/mol. The number of imidazole rings is 1. The molecule has 15 nitrogen and oxygen atoms in total. The van der Waals surface area contributed by atoms with Crippen molar-refractivity contribution in [2.24, 2.45) is 17.2 Å². The predicted molar refractivity (Wildman–Crippen MR) is 120 cm³/mol. The van der Waals surface area contributed by atoms with Gasteiger partial charge in [0.05, 0.1) is 18.8 Å². The van der Waals surface area contributed by atoms with Gasteiger partial charge in [0.25, 0.3) is 0 Å². The number of nitrogens with one attached hydrogen (secondary N) is 4. The van der Waals surface area contributed by atoms with Gasteiger partial charge in [0, 0.05) is 30.5 Å². The summed E-state index contributed by atoms with van der Waals surface area (Å²) < 4.78 is 0. The Morgan fingerprint density at radius 1 is 0.971 bits per heavy atom. The zero-order chi connectivity index (χ0) is 25.8. The molecule has 0 saturated heterocycles. The maximum Gasteiger partial charge on any atom is 0.326 e. The summed E-state index contributed by atoms with van der Waals surface area (Å²) in [5, 5.41) is 16.3. The first-order valence-corrected chi connectivity index (χ1v) is 10.6. The summed E-state index contributed by atoms with van der Waals surface area (Å²) in [5.41, 5.74) is 16.1. The molecule has 188 valence electrons. The van der Waals surface area contributed by atoms with Crippen molar-refractivity contribution in [3.63, 3.8) is 0 Å². The Hall–Kier alpha value is -3.66. The lowest BCUT2D eigenvalue weighted by Gasteiger charge is -2.24. The van der Waals surface area contributed by atoms with Crippen LogP contribution < -0.4 is 33.2 Å². The lowest BCUT2D eigenvalue weighted by Crippen LogP contribution is -2.58. The van der Waals surface area contributed by atoms with Crippen molar-refractivity contribution >= 4 is 48.1 Å². The van der Waals surface area contributed by atoms with E-state index in [0.717, 1.165) is 0 Å². The van der Waals surface area contributed by atoms with E-state index in [9.17, 15) is 33.9 Å². The Labute approximate surface area is 199 Å². The van der Waals surface area contributed by atoms with E-state index in [-0.39, 0.29) is 25.0 Å². The van der Waals surface area contributed by atoms with Crippen LogP contribution in [0.4, 0.5) is 0 Å². The molecule has 4 atom stereocenters. The number of carboxylic acids is 1. The number of aromatic amines is 1. The van der Waals surface area contributed by atoms with Crippen molar-refractivity contribution in [2.75, 3.05) is 5.75 Å². The van der Waals surface area contributed by atoms with Crippen LogP contribution in [0, 0.1) is 0 Å². The zero-order valence-electron chi connectivity index (χ0n) is 18.0. The first kappa shape index (κ1) is 28.4. The van der Waals surface area contributed by atoms with Gasteiger partial charge in [0.15, 0.2) is 0 Å². The minimum Gasteiger partial charge on any atom is -0.480 e. The third-order valence-electron chi connectivity index (χ3n) is 4.48. The number of primary amides is 2. The number of rotatable bonds is 15. The van der Waals surface area contributed by atoms with Gasteiger partial charge >= 0.3 is 5.97 Å². The van der Waals surface area contributed by atoms with Crippen LogP contribution in [0.2, 0.25) is 0 Å². The van der Waals surface area contributed by atoms with Gasteiger partial charge in [-0.3, -0.25) is 24.0 Å². The molecule has 0 spiro atoms. The van der Waals surface area contributed by atoms with E-state index in [1.807, 2.05) is 0 Å². The fourth-order valence-electron chi connectivity index (χ4n) is 2.70. The van der Waals surface area contributed by atoms with Crippen molar-refractivity contribution in [2.45, 2.75) is 49.9 Å². The van der Waals surface area contributed by atoms with E-state index >= 15 is 0 Å². The number of aromatic nitrogens is 2. The highest BCUT2D eigenvalue weighted by molar-refractivity contribution is 7.80. The summed E-state index contributed by atoms with van der Waals surface area (Å²) >= 11 is 3.99. The van der Waals surface area contributed by atoms with Crippen molar-refractivity contribution in [3.05, 3.63) is 18.2 Å². The fourth-order valence-corrected chi connectivity index (χ4v) is 2.96. The highest BCUT2D eigenvalue weighted by atomic mass is 32.1. The number of amides is 5. The van der Waals surface area contributed by atoms with E-state index in [4.69, 9.17) is 17.2 Å². The number of aliphatic carboxylic acids is 1. The lowest BCUT2D eigenvalue weighted by molar-refractivity contribution is -0.142. The second-order valence-corrected chi connectivity index (χ2v) is 7.63. The molecule has 34 heavy (non-hydrogen) atoms. The molecule has 1 aromatic heterocycles. The Morgan fingerprint density at radius 3 is 2.06 bits per heavy atom. The third kappa shape index (κ3) is 9.86. The summed E-state index contributed by atoms with van der Waals surface area (Å²) in [5.74, 6) is -5.72. The van der Waals surface area contributed by atoms with Crippen molar-refractivity contribution in [3.8, 4) is 0 Å². The van der Waals surface area contributed by atoms with Gasteiger partial charge < -0.3 is 43.2 Å². The van der Waals surface area contributed by atoms with Gasteiger partial charge in [-0.25, -0.2) is 9.78 Å². The van der Waals surface area contributed by atoms with Crippen LogP contribution in [0.3, 0.4) is 0 Å². The number of hydrogen-bond acceptors (Lipinski definition) is 9. The molecule has 0 radical (unpaired) electrons. The minimum absolute atomic E-state index is 0.120. The molecule has 0 aromatic carbocycles. The van der Waals surface area contributed by atoms with E-state index in [0.29, 0.717) is 5.69 Å². The molecule has 16 heteroatoms. The van der Waals surface area contributed by atoms with E-state index < -0.39 is 66.1 Å². The summed E-state index contributed by atoms with van der Waals surface area (Å²) in [6, 6.07) is -5.30. The number of hydrogen-bond donors (Lipinski definition) is 9. The van der Waals surface area contributed by atoms with Gasteiger partial charge in [-0.15, -0.1) is 0 Å². The smallest absolute Gasteiger partial charge is 0.326 e. The van der Waals surface area contributed by atoms with Crippen LogP contribution in [0.15, 0.2) is 12.5 Å². The van der Waals surface area contributed by atoms with Crippen LogP contribution >= 0.6 is 12.6 Å². The highest BCUT2D eigenvalue weighted by Gasteiger charge is 2.30. The van der Waals surface area contributed by atoms with Gasteiger partial charge in [-0.1, -0.05) is 0 Å². The molecule has 11 N–H and O–H groups in total. The van der Waals surface area contributed by atoms with E-state index in [1.165, 1.54) is 12.5 Å². The van der Waals surface area contributed by atoms with Crippen LogP contribution in [-0.4, -0.2) is 80.5 Å². The van der Waals surface area contributed by atoms with Gasteiger partial charge in [-0.05, 0) is 6.42 Å². The second-order valence-electron chi connectivity index (χ2n) is 7.27. The standard InChI is InChI=1S/C18H28N8O7S/c19-9(4-14(21)28)15(29)26-12(6-34)17(31)24-10(1-2-13(20)27)16(30)25-11(18(32)33)3-8-5-22-7-23-8/h5,7,9-12,34H,1-4,6,19H2,(H2,20,27)(H2,21,28)(H,22,23)(H,24,31)(H,25,30)(H,26,29)(H,32,33). The Morgan fingerprint density at radius 2 is 1.56 bits per heavy atom. The Bertz CT molecular complexity index is 895. The molecule has 0 bridgehead atoms. The maximum absolute atomic E-state index is 12.8. The molecule has 0 saturated carbocycles. The number of carbonyl (C=O) groups is 6. The largest absolute Gasteiger partial charge is 0.480 e. The highest BCUT2D eigenvalue weighted by Crippen LogP contribution is 2.04. The number of nitrogens with two attached hydrogens (primary N) is 3. The molecule has 4 unspecified atom stereocenters. The second kappa shape index (κ2) is 13.8. The number of nitrogens with zero attached hydrogens (tertiary/aromatic N) is 1. The first-order valence-electron chi connectivity index (χ1n) is 9.98. The first-order chi connectivity index (χ1) is 15.9. The van der Waals surface area contributed by atoms with Gasteiger partial charge in [-0.2, -0.15) is 12.6 Å². The summed E-state index contributed by atoms with van der Waals surface area (Å²) in [6.07, 6.45) is 1.62. The third-order valence-corrected chi connectivity index (χ3v) is 4.84. The van der Waals surface area contributed by atoms with E-state index in [1.54, 1.807) is 0 Å². The van der Waals surface area contributed by atoms with Crippen LogP contribution in [0.25, 0.3) is 0 Å². The number of H-pyrrole nitrogens is 1. The van der Waals surface area contributed by atoms with E-state index in [2.05, 4.69) is 38.5 Å². The number of thiol groups is 1. The minimum atomic E-state index is -1.37. The average Bonchev–Trinajstić information content (AvgIpc) is 3.26. The molecule has 1 aromatic rings. The topological polar surface area (TPSA) is 265 Å².